The second-order valence-electron chi connectivity index (χ2n) is 6.82. The molecule has 5 nitrogen and oxygen atoms in total. The Labute approximate surface area is 146 Å². The number of benzene rings is 2. The van der Waals surface area contributed by atoms with Crippen molar-refractivity contribution in [3.8, 4) is 23.0 Å². The lowest BCUT2D eigenvalue weighted by molar-refractivity contribution is 0.104. The minimum atomic E-state index is -0.478. The molecule has 0 heterocycles. The molecule has 0 amide bonds. The van der Waals surface area contributed by atoms with E-state index in [1.165, 1.54) is 18.2 Å². The summed E-state index contributed by atoms with van der Waals surface area (Å²) in [5.41, 5.74) is -0.127. The van der Waals surface area contributed by atoms with E-state index in [4.69, 9.17) is 0 Å². The molecule has 0 bridgehead atoms. The number of rotatable bonds is 6. The van der Waals surface area contributed by atoms with Crippen LogP contribution in [0.4, 0.5) is 0 Å². The maximum atomic E-state index is 12.4. The topological polar surface area (TPSA) is 98.0 Å². The molecule has 2 aromatic carbocycles. The Balaban J connectivity index is 2.37. The van der Waals surface area contributed by atoms with Crippen LogP contribution in [-0.4, -0.2) is 26.2 Å². The van der Waals surface area contributed by atoms with E-state index in [-0.39, 0.29) is 39.5 Å². The number of phenols is 4. The van der Waals surface area contributed by atoms with Crippen LogP contribution in [0.3, 0.4) is 0 Å². The number of hydrogen-bond acceptors (Lipinski definition) is 5. The van der Waals surface area contributed by atoms with Crippen LogP contribution < -0.4 is 0 Å². The molecule has 0 radical (unpaired) electrons. The van der Waals surface area contributed by atoms with E-state index in [2.05, 4.69) is 13.8 Å². The lowest BCUT2D eigenvalue weighted by Crippen LogP contribution is -1.99. The predicted molar refractivity (Wildman–Crippen MR) is 97.3 cm³/mol. The molecule has 134 valence electrons. The highest BCUT2D eigenvalue weighted by molar-refractivity contribution is 6.13. The normalized spacial score (nSPS) is 13.0. The minimum absolute atomic E-state index is 0.0941. The van der Waals surface area contributed by atoms with Gasteiger partial charge in [0.15, 0.2) is 5.78 Å². The number of ketones is 1. The quantitative estimate of drug-likeness (QED) is 0.352. The van der Waals surface area contributed by atoms with Crippen LogP contribution in [0.15, 0.2) is 30.4 Å². The summed E-state index contributed by atoms with van der Waals surface area (Å²) >= 11 is 0. The van der Waals surface area contributed by atoms with Crippen LogP contribution in [0.1, 0.15) is 44.0 Å². The molecule has 1 unspecified atom stereocenters. The third-order valence-electron chi connectivity index (χ3n) is 4.23. The van der Waals surface area contributed by atoms with Gasteiger partial charge in [0.1, 0.15) is 23.0 Å². The Bertz CT molecular complexity index is 821. The molecular weight excluding hydrogens is 320 g/mol. The van der Waals surface area contributed by atoms with Gasteiger partial charge in [-0.05, 0) is 42.5 Å². The molecule has 0 aromatic heterocycles. The zero-order valence-electron chi connectivity index (χ0n) is 14.7. The molecule has 25 heavy (non-hydrogen) atoms. The van der Waals surface area contributed by atoms with E-state index in [1.807, 2.05) is 6.92 Å². The third-order valence-corrected chi connectivity index (χ3v) is 4.23. The predicted octanol–water partition coefficient (Wildman–Crippen LogP) is 4.47. The Morgan fingerprint density at radius 1 is 0.960 bits per heavy atom. The van der Waals surface area contributed by atoms with Crippen LogP contribution in [0.5, 0.6) is 23.0 Å². The van der Waals surface area contributed by atoms with Gasteiger partial charge >= 0.3 is 0 Å². The molecule has 0 spiro atoms. The average Bonchev–Trinajstić information content (AvgIpc) is 2.55. The largest absolute Gasteiger partial charge is 0.507 e. The van der Waals surface area contributed by atoms with Crippen molar-refractivity contribution in [2.45, 2.75) is 33.6 Å². The smallest absolute Gasteiger partial charge is 0.189 e. The molecule has 0 aliphatic rings. The maximum Gasteiger partial charge on any atom is 0.189 e. The van der Waals surface area contributed by atoms with Gasteiger partial charge < -0.3 is 20.4 Å². The molecule has 0 aliphatic carbocycles. The zero-order valence-corrected chi connectivity index (χ0v) is 14.7. The summed E-state index contributed by atoms with van der Waals surface area (Å²) in [5.74, 6) is -1.16. The number of aromatic hydroxyl groups is 4. The van der Waals surface area contributed by atoms with E-state index in [1.54, 1.807) is 6.08 Å². The number of hydrogen-bond donors (Lipinski definition) is 4. The van der Waals surface area contributed by atoms with Crippen LogP contribution in [0.25, 0.3) is 10.8 Å². The van der Waals surface area contributed by atoms with E-state index in [9.17, 15) is 25.2 Å². The van der Waals surface area contributed by atoms with E-state index in [0.717, 1.165) is 18.9 Å². The van der Waals surface area contributed by atoms with Gasteiger partial charge in [-0.25, -0.2) is 0 Å². The molecule has 4 N–H and O–H groups in total. The summed E-state index contributed by atoms with van der Waals surface area (Å²) in [7, 11) is 0. The van der Waals surface area contributed by atoms with Gasteiger partial charge in [-0.15, -0.1) is 0 Å². The summed E-state index contributed by atoms with van der Waals surface area (Å²) < 4.78 is 0. The van der Waals surface area contributed by atoms with Crippen molar-refractivity contribution in [3.63, 3.8) is 0 Å². The Morgan fingerprint density at radius 2 is 1.56 bits per heavy atom. The fourth-order valence-corrected chi connectivity index (χ4v) is 2.71. The van der Waals surface area contributed by atoms with E-state index in [0.29, 0.717) is 5.92 Å². The molecule has 1 atom stereocenters. The number of allylic oxidation sites excluding steroid dienone is 2. The molecule has 2 aromatic rings. The van der Waals surface area contributed by atoms with E-state index < -0.39 is 11.5 Å². The van der Waals surface area contributed by atoms with Crippen molar-refractivity contribution in [1.29, 1.82) is 0 Å². The summed E-state index contributed by atoms with van der Waals surface area (Å²) in [6.45, 7) is 6.28. The van der Waals surface area contributed by atoms with E-state index >= 15 is 0 Å². The van der Waals surface area contributed by atoms with Gasteiger partial charge in [-0.3, -0.25) is 4.79 Å². The number of carbonyl (C=O) groups excluding carboxylic acids is 1. The van der Waals surface area contributed by atoms with Crippen molar-refractivity contribution < 1.29 is 25.2 Å². The lowest BCUT2D eigenvalue weighted by Gasteiger charge is -2.11. The second-order valence-corrected chi connectivity index (χ2v) is 6.82. The first-order valence-electron chi connectivity index (χ1n) is 8.34. The number of phenolic OH excluding ortho intramolecular Hbond substituents is 4. The van der Waals surface area contributed by atoms with Crippen molar-refractivity contribution >= 4 is 16.6 Å². The summed E-state index contributed by atoms with van der Waals surface area (Å²) in [6.07, 6.45) is 5.14. The fraction of sp³-hybridized carbons (Fsp3) is 0.350. The second kappa shape index (κ2) is 7.47. The van der Waals surface area contributed by atoms with Crippen molar-refractivity contribution in [3.05, 3.63) is 35.9 Å². The highest BCUT2D eigenvalue weighted by Gasteiger charge is 2.20. The van der Waals surface area contributed by atoms with Crippen LogP contribution in [0, 0.1) is 11.8 Å². The van der Waals surface area contributed by atoms with Crippen LogP contribution >= 0.6 is 0 Å². The maximum absolute atomic E-state index is 12.4. The Kier molecular flexibility index (Phi) is 5.57. The Hall–Kier alpha value is -2.69. The average molecular weight is 344 g/mol. The highest BCUT2D eigenvalue weighted by Crippen LogP contribution is 2.44. The standard InChI is InChI=1S/C20H24O5/c1-11(2)4-5-12(3)6-7-14(21)13-10-17(24)18-15(22)8-9-16(23)19(18)20(13)25/h6-12,22-25H,4-5H2,1-3H3. The van der Waals surface area contributed by atoms with Gasteiger partial charge in [0.05, 0.1) is 16.3 Å². The van der Waals surface area contributed by atoms with Crippen LogP contribution in [0.2, 0.25) is 0 Å². The molecule has 0 saturated heterocycles. The minimum Gasteiger partial charge on any atom is -0.507 e. The third kappa shape index (κ3) is 4.05. The first-order chi connectivity index (χ1) is 11.7. The number of fused-ring (bicyclic) bond motifs is 1. The van der Waals surface area contributed by atoms with Crippen molar-refractivity contribution in [2.24, 2.45) is 11.8 Å². The monoisotopic (exact) mass is 344 g/mol. The summed E-state index contributed by atoms with van der Waals surface area (Å²) in [5, 5.41) is 40.0. The van der Waals surface area contributed by atoms with Gasteiger partial charge in [0.25, 0.3) is 0 Å². The van der Waals surface area contributed by atoms with Gasteiger partial charge in [0.2, 0.25) is 0 Å². The SMILES string of the molecule is CC(C)CCC(C)C=CC(=O)c1cc(O)c2c(O)ccc(O)c2c1O. The molecule has 5 heteroatoms. The van der Waals surface area contributed by atoms with Gasteiger partial charge in [-0.1, -0.05) is 33.3 Å². The summed E-state index contributed by atoms with van der Waals surface area (Å²) in [6, 6.07) is 3.49. The van der Waals surface area contributed by atoms with Crippen molar-refractivity contribution in [2.75, 3.05) is 0 Å². The molecule has 0 saturated carbocycles. The van der Waals surface area contributed by atoms with Gasteiger partial charge in [0, 0.05) is 0 Å². The molecule has 0 fully saturated rings. The molecule has 2 rings (SSSR count). The summed E-state index contributed by atoms with van der Waals surface area (Å²) in [4.78, 5) is 12.4. The first-order valence-corrected chi connectivity index (χ1v) is 8.34. The highest BCUT2D eigenvalue weighted by atomic mass is 16.3. The van der Waals surface area contributed by atoms with Crippen molar-refractivity contribution in [1.82, 2.24) is 0 Å². The lowest BCUT2D eigenvalue weighted by atomic mass is 9.97. The molecular formula is C20H24O5. The Morgan fingerprint density at radius 3 is 2.16 bits per heavy atom. The zero-order chi connectivity index (χ0) is 18.7. The van der Waals surface area contributed by atoms with Gasteiger partial charge in [-0.2, -0.15) is 0 Å². The van der Waals surface area contributed by atoms with Crippen LogP contribution in [-0.2, 0) is 0 Å². The molecule has 0 aliphatic heterocycles. The fourth-order valence-electron chi connectivity index (χ4n) is 2.71. The number of carbonyl (C=O) groups is 1. The first kappa shape index (κ1) is 18.6.